The molecule has 2 heterocycles. The highest BCUT2D eigenvalue weighted by molar-refractivity contribution is 7.89. The van der Waals surface area contributed by atoms with Crippen LogP contribution in [0.5, 0.6) is 5.75 Å². The van der Waals surface area contributed by atoms with Crippen LogP contribution in [0.1, 0.15) is 40.9 Å². The summed E-state index contributed by atoms with van der Waals surface area (Å²) in [7, 11) is -3.95. The molecule has 0 aliphatic carbocycles. The van der Waals surface area contributed by atoms with Crippen molar-refractivity contribution in [3.63, 3.8) is 0 Å². The maximum Gasteiger partial charge on any atom is 0.263 e. The number of hydrogen-bond donors (Lipinski definition) is 1. The van der Waals surface area contributed by atoms with E-state index in [4.69, 9.17) is 4.74 Å². The molecule has 1 aliphatic heterocycles. The molecule has 0 spiro atoms. The van der Waals surface area contributed by atoms with E-state index < -0.39 is 15.9 Å². The van der Waals surface area contributed by atoms with Gasteiger partial charge >= 0.3 is 0 Å². The van der Waals surface area contributed by atoms with Gasteiger partial charge in [0.2, 0.25) is 5.03 Å². The van der Waals surface area contributed by atoms with Gasteiger partial charge in [-0.15, -0.1) is 0 Å². The molecule has 10 heteroatoms. The molecule has 1 N–H and O–H groups in total. The highest BCUT2D eigenvalue weighted by atomic mass is 32.2. The Labute approximate surface area is 219 Å². The summed E-state index contributed by atoms with van der Waals surface area (Å²) < 4.78 is 35.7. The first-order valence-corrected chi connectivity index (χ1v) is 14.1. The highest BCUT2D eigenvalue weighted by Gasteiger charge is 2.35. The normalized spacial score (nSPS) is 14.5. The third kappa shape index (κ3) is 5.80. The Balaban J connectivity index is 1.49. The first-order valence-electron chi connectivity index (χ1n) is 12.6. The minimum absolute atomic E-state index is 0.0553. The first kappa shape index (κ1) is 26.7. The summed E-state index contributed by atoms with van der Waals surface area (Å²) in [5.74, 6) is 0.241. The zero-order valence-electron chi connectivity index (χ0n) is 21.9. The monoisotopic (exact) mass is 525 g/mol. The van der Waals surface area contributed by atoms with Crippen LogP contribution < -0.4 is 15.0 Å². The summed E-state index contributed by atoms with van der Waals surface area (Å²) in [6.07, 6.45) is 1.51. The number of carbonyl (C=O) groups excluding carboxylic acids is 1. The number of carbonyl (C=O) groups is 1. The quantitative estimate of drug-likeness (QED) is 0.460. The number of anilines is 1. The molecular weight excluding hydrogens is 490 g/mol. The maximum atomic E-state index is 13.6. The third-order valence-electron chi connectivity index (χ3n) is 6.70. The van der Waals surface area contributed by atoms with Crippen LogP contribution >= 0.6 is 0 Å². The fraction of sp³-hybridized carbons (Fsp3) is 0.407. The molecule has 4 rings (SSSR count). The molecule has 1 aliphatic rings. The zero-order chi connectivity index (χ0) is 26.6. The average molecular weight is 526 g/mol. The largest absolute Gasteiger partial charge is 0.494 e. The van der Waals surface area contributed by atoms with Gasteiger partial charge in [-0.3, -0.25) is 9.48 Å². The molecule has 1 saturated heterocycles. The van der Waals surface area contributed by atoms with Crippen LogP contribution in [-0.4, -0.2) is 61.2 Å². The average Bonchev–Trinajstić information content (AvgIpc) is 3.35. The van der Waals surface area contributed by atoms with Gasteiger partial charge < -0.3 is 15.0 Å². The number of aromatic nitrogens is 2. The van der Waals surface area contributed by atoms with Crippen molar-refractivity contribution in [1.82, 2.24) is 19.4 Å². The number of sulfonamides is 1. The third-order valence-corrected chi connectivity index (χ3v) is 8.53. The Kier molecular flexibility index (Phi) is 8.19. The summed E-state index contributed by atoms with van der Waals surface area (Å²) >= 11 is 0. The molecule has 0 unspecified atom stereocenters. The molecule has 1 fully saturated rings. The van der Waals surface area contributed by atoms with E-state index >= 15 is 0 Å². The molecule has 3 aromatic rings. The molecule has 1 amide bonds. The molecule has 0 atom stereocenters. The predicted molar refractivity (Wildman–Crippen MR) is 144 cm³/mol. The van der Waals surface area contributed by atoms with Gasteiger partial charge in [0.15, 0.2) is 0 Å². The van der Waals surface area contributed by atoms with Crippen molar-refractivity contribution in [2.45, 2.75) is 45.8 Å². The molecular formula is C27H35N5O4S. The Hall–Kier alpha value is -3.37. The lowest BCUT2D eigenvalue weighted by Gasteiger charge is -2.36. The number of aryl methyl sites for hydroxylation is 2. The van der Waals surface area contributed by atoms with Crippen molar-refractivity contribution in [2.75, 3.05) is 37.7 Å². The van der Waals surface area contributed by atoms with E-state index in [1.807, 2.05) is 44.2 Å². The minimum atomic E-state index is -3.95. The van der Waals surface area contributed by atoms with E-state index in [1.54, 1.807) is 0 Å². The Morgan fingerprint density at radius 1 is 1.05 bits per heavy atom. The fourth-order valence-electron chi connectivity index (χ4n) is 4.47. The molecule has 2 aromatic carbocycles. The van der Waals surface area contributed by atoms with Crippen LogP contribution in [0.3, 0.4) is 0 Å². The first-order chi connectivity index (χ1) is 17.7. The number of benzene rings is 2. The summed E-state index contributed by atoms with van der Waals surface area (Å²) in [4.78, 5) is 15.3. The zero-order valence-corrected chi connectivity index (χ0v) is 22.7. The summed E-state index contributed by atoms with van der Waals surface area (Å²) in [5.41, 5.74) is 4.44. The van der Waals surface area contributed by atoms with Crippen LogP contribution in [0.25, 0.3) is 0 Å². The van der Waals surface area contributed by atoms with Gasteiger partial charge in [0.25, 0.3) is 15.9 Å². The topological polar surface area (TPSA) is 96.8 Å². The number of ether oxygens (including phenoxy) is 1. The smallest absolute Gasteiger partial charge is 0.263 e. The van der Waals surface area contributed by atoms with Gasteiger partial charge in [-0.05, 0) is 62.6 Å². The van der Waals surface area contributed by atoms with E-state index in [0.29, 0.717) is 39.3 Å². The van der Waals surface area contributed by atoms with Crippen molar-refractivity contribution in [3.05, 3.63) is 70.9 Å². The lowest BCUT2D eigenvalue weighted by atomic mass is 10.1. The maximum absolute atomic E-state index is 13.6. The number of rotatable bonds is 9. The minimum Gasteiger partial charge on any atom is -0.494 e. The van der Waals surface area contributed by atoms with Crippen LogP contribution in [0, 0.1) is 13.8 Å². The lowest BCUT2D eigenvalue weighted by molar-refractivity contribution is 0.0947. The summed E-state index contributed by atoms with van der Waals surface area (Å²) in [5, 5.41) is 6.93. The summed E-state index contributed by atoms with van der Waals surface area (Å²) in [6.45, 7) is 10.9. The van der Waals surface area contributed by atoms with E-state index in [2.05, 4.69) is 41.3 Å². The Morgan fingerprint density at radius 2 is 1.78 bits per heavy atom. The fourth-order valence-corrected chi connectivity index (χ4v) is 5.99. The van der Waals surface area contributed by atoms with Crippen molar-refractivity contribution < 1.29 is 17.9 Å². The van der Waals surface area contributed by atoms with Gasteiger partial charge in [-0.2, -0.15) is 9.40 Å². The van der Waals surface area contributed by atoms with E-state index in [-0.39, 0.29) is 17.1 Å². The number of amides is 1. The van der Waals surface area contributed by atoms with Gasteiger partial charge in [-0.1, -0.05) is 24.3 Å². The van der Waals surface area contributed by atoms with Crippen LogP contribution in [-0.2, 0) is 23.1 Å². The van der Waals surface area contributed by atoms with Crippen LogP contribution in [0.4, 0.5) is 5.69 Å². The molecule has 0 bridgehead atoms. The van der Waals surface area contributed by atoms with Crippen LogP contribution in [0.2, 0.25) is 0 Å². The molecule has 9 nitrogen and oxygen atoms in total. The number of hydrogen-bond acceptors (Lipinski definition) is 6. The second-order valence-corrected chi connectivity index (χ2v) is 10.9. The van der Waals surface area contributed by atoms with Gasteiger partial charge in [-0.25, -0.2) is 8.42 Å². The highest BCUT2D eigenvalue weighted by Crippen LogP contribution is 2.26. The van der Waals surface area contributed by atoms with Crippen LogP contribution in [0.15, 0.2) is 53.7 Å². The molecule has 198 valence electrons. The van der Waals surface area contributed by atoms with Gasteiger partial charge in [0.1, 0.15) is 5.75 Å². The second-order valence-electron chi connectivity index (χ2n) is 9.08. The SMILES string of the molecule is CCOc1cccc(CNC(=O)c2cn(CC)nc2S(=O)(=O)N2CCN(c3cccc(C)c3C)CC2)c1. The van der Waals surface area contributed by atoms with Crippen molar-refractivity contribution >= 4 is 21.6 Å². The Morgan fingerprint density at radius 3 is 2.49 bits per heavy atom. The van der Waals surface area contributed by atoms with E-state index in [0.717, 1.165) is 17.0 Å². The second kappa shape index (κ2) is 11.4. The molecule has 0 radical (unpaired) electrons. The van der Waals surface area contributed by atoms with Crippen molar-refractivity contribution in [3.8, 4) is 5.75 Å². The number of piperazine rings is 1. The number of nitrogens with one attached hydrogen (secondary N) is 1. The van der Waals surface area contributed by atoms with Gasteiger partial charge in [0.05, 0.1) is 12.2 Å². The van der Waals surface area contributed by atoms with E-state index in [9.17, 15) is 13.2 Å². The summed E-state index contributed by atoms with van der Waals surface area (Å²) in [6, 6.07) is 13.6. The Bertz CT molecular complexity index is 1360. The number of nitrogens with zero attached hydrogens (tertiary/aromatic N) is 4. The van der Waals surface area contributed by atoms with Gasteiger partial charge in [0, 0.05) is 51.2 Å². The molecule has 37 heavy (non-hydrogen) atoms. The predicted octanol–water partition coefficient (Wildman–Crippen LogP) is 3.36. The molecule has 1 aromatic heterocycles. The molecule has 0 saturated carbocycles. The standard InChI is InChI=1S/C27H35N5O4S/c1-5-31-19-24(26(33)28-18-22-10-8-11-23(17-22)36-6-2)27(29-31)37(34,35)32-15-13-30(14-16-32)25-12-7-9-20(3)21(25)4/h7-12,17,19H,5-6,13-16,18H2,1-4H3,(H,28,33). The lowest BCUT2D eigenvalue weighted by Crippen LogP contribution is -2.49. The van der Waals surface area contributed by atoms with E-state index in [1.165, 1.54) is 26.3 Å². The van der Waals surface area contributed by atoms with Crippen molar-refractivity contribution in [2.24, 2.45) is 0 Å². The van der Waals surface area contributed by atoms with Crippen molar-refractivity contribution in [1.29, 1.82) is 0 Å².